The molecule has 0 aromatic carbocycles. The molecule has 0 heterocycles. The van der Waals surface area contributed by atoms with Gasteiger partial charge in [-0.2, -0.15) is 0 Å². The van der Waals surface area contributed by atoms with Gasteiger partial charge in [-0.3, -0.25) is 9.59 Å². The highest BCUT2D eigenvalue weighted by Crippen LogP contribution is 2.31. The minimum Gasteiger partial charge on any atom is -0.481 e. The molecule has 13 heavy (non-hydrogen) atoms. The minimum atomic E-state index is -1.44. The number of hydrogen-bond acceptors (Lipinski definition) is 4. The Morgan fingerprint density at radius 2 is 2.00 bits per heavy atom. The first kappa shape index (κ1) is 12.7. The second-order valence-electron chi connectivity index (χ2n) is 2.47. The van der Waals surface area contributed by atoms with Crippen LogP contribution in [0.15, 0.2) is 0 Å². The van der Waals surface area contributed by atoms with E-state index in [0.29, 0.717) is 0 Å². The van der Waals surface area contributed by atoms with Crippen molar-refractivity contribution in [3.63, 3.8) is 0 Å². The lowest BCUT2D eigenvalue weighted by molar-refractivity contribution is -0.145. The molecule has 4 nitrogen and oxygen atoms in total. The van der Waals surface area contributed by atoms with Crippen molar-refractivity contribution in [2.75, 3.05) is 0 Å². The van der Waals surface area contributed by atoms with E-state index in [9.17, 15) is 9.59 Å². The van der Waals surface area contributed by atoms with Gasteiger partial charge < -0.3 is 10.2 Å². The van der Waals surface area contributed by atoms with E-state index in [1.807, 2.05) is 0 Å². The van der Waals surface area contributed by atoms with Gasteiger partial charge in [0.05, 0.1) is 6.42 Å². The number of aliphatic carboxylic acids is 2. The molecular weight excluding hydrogens is 232 g/mol. The van der Waals surface area contributed by atoms with Crippen molar-refractivity contribution in [3.05, 3.63) is 0 Å². The van der Waals surface area contributed by atoms with E-state index < -0.39 is 23.1 Å². The molecular formula is C6H8O4S3. The van der Waals surface area contributed by atoms with Crippen LogP contribution in [0.25, 0.3) is 0 Å². The van der Waals surface area contributed by atoms with Crippen LogP contribution in [-0.2, 0) is 9.59 Å². The Balaban J connectivity index is 4.62. The zero-order valence-electron chi connectivity index (χ0n) is 6.68. The molecule has 0 radical (unpaired) electrons. The third-order valence-corrected chi connectivity index (χ3v) is 2.72. The summed E-state index contributed by atoms with van der Waals surface area (Å²) in [5.74, 6) is -2.39. The molecule has 7 heteroatoms. The number of carboxylic acids is 2. The van der Waals surface area contributed by atoms with Crippen molar-refractivity contribution in [1.29, 1.82) is 0 Å². The average molecular weight is 240 g/mol. The van der Waals surface area contributed by atoms with Crippen LogP contribution >= 0.6 is 36.6 Å². The molecule has 0 saturated heterocycles. The molecule has 0 bridgehead atoms. The fraction of sp³-hybridized carbons (Fsp3) is 0.500. The second-order valence-corrected chi connectivity index (χ2v) is 5.71. The predicted octanol–water partition coefficient (Wildman–Crippen LogP) is 1.25. The summed E-state index contributed by atoms with van der Waals surface area (Å²) < 4.78 is -1.32. The Labute approximate surface area is 90.1 Å². The Hall–Kier alpha value is -0.270. The fourth-order valence-corrected chi connectivity index (χ4v) is 2.46. The van der Waals surface area contributed by atoms with Gasteiger partial charge in [-0.25, -0.2) is 0 Å². The number of rotatable bonds is 4. The van der Waals surface area contributed by atoms with Crippen LogP contribution in [0.3, 0.4) is 0 Å². The number of thiol groups is 1. The van der Waals surface area contributed by atoms with Crippen LogP contribution in [0.5, 0.6) is 0 Å². The Morgan fingerprint density at radius 1 is 1.54 bits per heavy atom. The molecule has 0 saturated carbocycles. The van der Waals surface area contributed by atoms with Gasteiger partial charge in [0, 0.05) is 0 Å². The van der Waals surface area contributed by atoms with E-state index in [1.54, 1.807) is 0 Å². The average Bonchev–Trinajstić information content (AvgIpc) is 1.82. The zero-order valence-corrected chi connectivity index (χ0v) is 9.21. The van der Waals surface area contributed by atoms with E-state index >= 15 is 0 Å². The fourth-order valence-electron chi connectivity index (χ4n) is 0.637. The molecule has 0 aliphatic carbocycles. The van der Waals surface area contributed by atoms with Crippen LogP contribution in [0.4, 0.5) is 0 Å². The summed E-state index contributed by atoms with van der Waals surface area (Å²) in [5, 5.41) is 17.2. The quantitative estimate of drug-likeness (QED) is 0.507. The maximum absolute atomic E-state index is 10.7. The van der Waals surface area contributed by atoms with Gasteiger partial charge in [0.15, 0.2) is 0 Å². The molecule has 0 aliphatic rings. The lowest BCUT2D eigenvalue weighted by Gasteiger charge is -2.20. The van der Waals surface area contributed by atoms with E-state index in [2.05, 4.69) is 24.8 Å². The van der Waals surface area contributed by atoms with E-state index in [1.165, 1.54) is 6.92 Å². The standard InChI is InChI=1S/C6H8O4S3/c1-6(4(9)10,2-3(7)8)13-5(11)12/h2H2,1H3,(H,7,8)(H,9,10)(H,11,12). The molecule has 0 aromatic rings. The molecule has 0 aliphatic heterocycles. The first-order chi connectivity index (χ1) is 5.78. The van der Waals surface area contributed by atoms with Crippen molar-refractivity contribution in [2.24, 2.45) is 0 Å². The topological polar surface area (TPSA) is 74.6 Å². The summed E-state index contributed by atoms with van der Waals surface area (Å²) in [6.45, 7) is 1.30. The highest BCUT2D eigenvalue weighted by atomic mass is 32.2. The maximum Gasteiger partial charge on any atom is 0.320 e. The van der Waals surface area contributed by atoms with Crippen LogP contribution in [0.1, 0.15) is 13.3 Å². The third kappa shape index (κ3) is 4.49. The molecule has 2 N–H and O–H groups in total. The molecule has 74 valence electrons. The third-order valence-electron chi connectivity index (χ3n) is 1.25. The molecule has 0 rings (SSSR count). The van der Waals surface area contributed by atoms with E-state index in [-0.39, 0.29) is 3.53 Å². The maximum atomic E-state index is 10.7. The Kier molecular flexibility index (Phi) is 4.72. The highest BCUT2D eigenvalue weighted by molar-refractivity contribution is 8.42. The largest absolute Gasteiger partial charge is 0.481 e. The van der Waals surface area contributed by atoms with Crippen LogP contribution < -0.4 is 0 Å². The van der Waals surface area contributed by atoms with Crippen LogP contribution in [0, 0.1) is 0 Å². The van der Waals surface area contributed by atoms with Gasteiger partial charge in [0.25, 0.3) is 0 Å². The number of thiocarbonyl (C=S) groups is 1. The van der Waals surface area contributed by atoms with Crippen molar-refractivity contribution >= 4 is 52.1 Å². The molecule has 0 fully saturated rings. The number of thioether (sulfide) groups is 1. The summed E-state index contributed by atoms with van der Waals surface area (Å²) in [5.41, 5.74) is 0. The van der Waals surface area contributed by atoms with Gasteiger partial charge in [0.1, 0.15) is 8.28 Å². The predicted molar refractivity (Wildman–Crippen MR) is 57.5 cm³/mol. The van der Waals surface area contributed by atoms with Crippen molar-refractivity contribution < 1.29 is 19.8 Å². The normalized spacial score (nSPS) is 14.6. The van der Waals surface area contributed by atoms with Crippen LogP contribution in [0.2, 0.25) is 0 Å². The highest BCUT2D eigenvalue weighted by Gasteiger charge is 2.37. The van der Waals surface area contributed by atoms with Gasteiger partial charge in [-0.05, 0) is 6.92 Å². The van der Waals surface area contributed by atoms with Crippen molar-refractivity contribution in [1.82, 2.24) is 0 Å². The van der Waals surface area contributed by atoms with Crippen molar-refractivity contribution in [3.8, 4) is 0 Å². The second kappa shape index (κ2) is 4.83. The number of carboxylic acid groups (broad SMARTS) is 2. The first-order valence-corrected chi connectivity index (χ1v) is 4.82. The first-order valence-electron chi connectivity index (χ1n) is 3.15. The summed E-state index contributed by atoms with van der Waals surface area (Å²) in [6.07, 6.45) is -0.492. The number of carbonyl (C=O) groups is 2. The lowest BCUT2D eigenvalue weighted by Crippen LogP contribution is -2.34. The molecule has 0 spiro atoms. The SMILES string of the molecule is CC(CC(=O)O)(SC(=S)S)C(=O)O. The Bertz CT molecular complexity index is 234. The van der Waals surface area contributed by atoms with E-state index in [0.717, 1.165) is 11.8 Å². The monoisotopic (exact) mass is 240 g/mol. The number of hydrogen-bond donors (Lipinski definition) is 3. The van der Waals surface area contributed by atoms with Gasteiger partial charge in [-0.15, -0.1) is 12.6 Å². The smallest absolute Gasteiger partial charge is 0.320 e. The Morgan fingerprint density at radius 3 is 2.23 bits per heavy atom. The zero-order chi connectivity index (χ0) is 10.6. The van der Waals surface area contributed by atoms with Gasteiger partial charge in [-0.1, -0.05) is 24.0 Å². The van der Waals surface area contributed by atoms with Gasteiger partial charge in [0.2, 0.25) is 0 Å². The summed E-state index contributed by atoms with van der Waals surface area (Å²) in [4.78, 5) is 21.1. The minimum absolute atomic E-state index is 0.117. The van der Waals surface area contributed by atoms with Crippen LogP contribution in [-0.4, -0.2) is 30.4 Å². The molecule has 1 unspecified atom stereocenters. The molecule has 1 atom stereocenters. The summed E-state index contributed by atoms with van der Waals surface area (Å²) >= 11 is 9.09. The molecule has 0 amide bonds. The lowest BCUT2D eigenvalue weighted by atomic mass is 10.1. The van der Waals surface area contributed by atoms with Gasteiger partial charge >= 0.3 is 11.9 Å². The summed E-state index contributed by atoms with van der Waals surface area (Å²) in [7, 11) is 0. The summed E-state index contributed by atoms with van der Waals surface area (Å²) in [6, 6.07) is 0. The molecule has 0 aromatic heterocycles. The van der Waals surface area contributed by atoms with E-state index in [4.69, 9.17) is 10.2 Å². The van der Waals surface area contributed by atoms with Crippen molar-refractivity contribution in [2.45, 2.75) is 18.1 Å².